The molecule has 2 aromatic rings. The first-order chi connectivity index (χ1) is 13.0. The van der Waals surface area contributed by atoms with Crippen molar-refractivity contribution in [1.29, 1.82) is 0 Å². The van der Waals surface area contributed by atoms with E-state index in [-0.39, 0.29) is 6.04 Å². The number of nitrogens with two attached hydrogens (primary N) is 1. The number of amides is 2. The number of hydrogen-bond acceptors (Lipinski definition) is 6. The van der Waals surface area contributed by atoms with Crippen molar-refractivity contribution in [3.8, 4) is 5.75 Å². The Morgan fingerprint density at radius 2 is 1.96 bits per heavy atom. The molecule has 0 aliphatic heterocycles. The molecule has 0 saturated heterocycles. The third-order valence-corrected chi connectivity index (χ3v) is 3.73. The van der Waals surface area contributed by atoms with Crippen LogP contribution in [-0.2, 0) is 11.3 Å². The Balaban J connectivity index is 2.35. The molecule has 28 heavy (non-hydrogen) atoms. The summed E-state index contributed by atoms with van der Waals surface area (Å²) in [6.45, 7) is 10.2. The zero-order chi connectivity index (χ0) is 21.1. The minimum atomic E-state index is -0.565. The lowest BCUT2D eigenvalue weighted by Crippen LogP contribution is -2.34. The van der Waals surface area contributed by atoms with Gasteiger partial charge in [-0.3, -0.25) is 4.79 Å². The van der Waals surface area contributed by atoms with Gasteiger partial charge < -0.3 is 30.4 Å². The number of benzene rings is 1. The average molecular weight is 391 g/mol. The lowest BCUT2D eigenvalue weighted by Gasteiger charge is -2.20. The van der Waals surface area contributed by atoms with Gasteiger partial charge in [-0.15, -0.1) is 0 Å². The Morgan fingerprint density at radius 1 is 1.29 bits per heavy atom. The van der Waals surface area contributed by atoms with E-state index in [9.17, 15) is 9.59 Å². The van der Waals surface area contributed by atoms with Crippen LogP contribution in [-0.4, -0.2) is 46.8 Å². The Hall–Kier alpha value is -2.97. The van der Waals surface area contributed by atoms with Crippen molar-refractivity contribution in [3.05, 3.63) is 17.7 Å². The predicted molar refractivity (Wildman–Crippen MR) is 108 cm³/mol. The number of hydrogen-bond donors (Lipinski definition) is 3. The molecule has 1 aromatic carbocycles. The number of rotatable bonds is 7. The van der Waals surface area contributed by atoms with Crippen LogP contribution in [0.15, 0.2) is 12.1 Å². The van der Waals surface area contributed by atoms with Gasteiger partial charge in [-0.05, 0) is 46.8 Å². The Labute approximate surface area is 164 Å². The number of primary amides is 1. The second kappa shape index (κ2) is 8.37. The summed E-state index contributed by atoms with van der Waals surface area (Å²) in [6, 6.07) is 3.35. The molecular formula is C19H29N5O4. The van der Waals surface area contributed by atoms with Crippen LogP contribution in [0.2, 0.25) is 0 Å². The number of fused-ring (bicyclic) bond motifs is 1. The summed E-state index contributed by atoms with van der Waals surface area (Å²) in [4.78, 5) is 28.1. The van der Waals surface area contributed by atoms with E-state index in [0.717, 1.165) is 0 Å². The van der Waals surface area contributed by atoms with Gasteiger partial charge in [-0.1, -0.05) is 0 Å². The number of ether oxygens (including phenoxy) is 2. The Kier molecular flexibility index (Phi) is 6.37. The van der Waals surface area contributed by atoms with E-state index in [4.69, 9.17) is 15.2 Å². The molecule has 154 valence electrons. The molecule has 0 saturated carbocycles. The SMILES string of the molecule is COc1cc(C(N)=O)cc2nc(NC(C)C)n(CCNC(=O)OC(C)(C)C)c12. The molecule has 9 nitrogen and oxygen atoms in total. The largest absolute Gasteiger partial charge is 0.494 e. The molecule has 1 aromatic heterocycles. The number of carbonyl (C=O) groups excluding carboxylic acids is 2. The smallest absolute Gasteiger partial charge is 0.407 e. The van der Waals surface area contributed by atoms with Crippen LogP contribution < -0.4 is 21.1 Å². The van der Waals surface area contributed by atoms with Crippen LogP contribution in [0.25, 0.3) is 11.0 Å². The third-order valence-electron chi connectivity index (χ3n) is 3.73. The highest BCUT2D eigenvalue weighted by Gasteiger charge is 2.19. The maximum atomic E-state index is 11.9. The minimum Gasteiger partial charge on any atom is -0.494 e. The van der Waals surface area contributed by atoms with E-state index in [1.165, 1.54) is 7.11 Å². The van der Waals surface area contributed by atoms with E-state index in [2.05, 4.69) is 15.6 Å². The van der Waals surface area contributed by atoms with E-state index >= 15 is 0 Å². The van der Waals surface area contributed by atoms with Gasteiger partial charge in [-0.2, -0.15) is 0 Å². The maximum absolute atomic E-state index is 11.9. The number of nitrogens with one attached hydrogen (secondary N) is 2. The summed E-state index contributed by atoms with van der Waals surface area (Å²) in [5.41, 5.74) is 6.45. The fourth-order valence-electron chi connectivity index (χ4n) is 2.70. The summed E-state index contributed by atoms with van der Waals surface area (Å²) in [5.74, 6) is 0.531. The van der Waals surface area contributed by atoms with Gasteiger partial charge in [0.2, 0.25) is 11.9 Å². The second-order valence-corrected chi connectivity index (χ2v) is 7.73. The van der Waals surface area contributed by atoms with Gasteiger partial charge in [0.25, 0.3) is 0 Å². The first-order valence-corrected chi connectivity index (χ1v) is 9.13. The second-order valence-electron chi connectivity index (χ2n) is 7.73. The van der Waals surface area contributed by atoms with Crippen LogP contribution in [0, 0.1) is 0 Å². The molecule has 2 amide bonds. The van der Waals surface area contributed by atoms with Crippen LogP contribution in [0.1, 0.15) is 45.0 Å². The lowest BCUT2D eigenvalue weighted by atomic mass is 10.1. The Bertz CT molecular complexity index is 867. The van der Waals surface area contributed by atoms with Crippen molar-refractivity contribution in [1.82, 2.24) is 14.9 Å². The van der Waals surface area contributed by atoms with Crippen LogP contribution in [0.4, 0.5) is 10.7 Å². The van der Waals surface area contributed by atoms with E-state index in [1.807, 2.05) is 39.2 Å². The van der Waals surface area contributed by atoms with Gasteiger partial charge in [-0.25, -0.2) is 9.78 Å². The molecule has 0 bridgehead atoms. The van der Waals surface area contributed by atoms with Crippen LogP contribution in [0.3, 0.4) is 0 Å². The van der Waals surface area contributed by atoms with Crippen molar-refractivity contribution >= 4 is 29.0 Å². The molecular weight excluding hydrogens is 362 g/mol. The molecule has 0 atom stereocenters. The molecule has 0 aliphatic rings. The normalized spacial score (nSPS) is 11.5. The Morgan fingerprint density at radius 3 is 2.50 bits per heavy atom. The van der Waals surface area contributed by atoms with Crippen molar-refractivity contribution in [2.75, 3.05) is 19.0 Å². The van der Waals surface area contributed by atoms with Crippen LogP contribution in [0.5, 0.6) is 5.75 Å². The number of aromatic nitrogens is 2. The minimum absolute atomic E-state index is 0.135. The lowest BCUT2D eigenvalue weighted by molar-refractivity contribution is 0.0526. The third kappa shape index (κ3) is 5.28. The van der Waals surface area contributed by atoms with Gasteiger partial charge >= 0.3 is 6.09 Å². The number of anilines is 1. The van der Waals surface area contributed by atoms with Gasteiger partial charge in [0.05, 0.1) is 12.6 Å². The summed E-state index contributed by atoms with van der Waals surface area (Å²) < 4.78 is 12.6. The maximum Gasteiger partial charge on any atom is 0.407 e. The first-order valence-electron chi connectivity index (χ1n) is 9.13. The zero-order valence-corrected chi connectivity index (χ0v) is 17.3. The molecule has 4 N–H and O–H groups in total. The molecule has 0 spiro atoms. The summed E-state index contributed by atoms with van der Waals surface area (Å²) in [6.07, 6.45) is -0.488. The van der Waals surface area contributed by atoms with Crippen molar-refractivity contribution < 1.29 is 19.1 Å². The molecule has 9 heteroatoms. The molecule has 0 aliphatic carbocycles. The molecule has 0 radical (unpaired) electrons. The van der Waals surface area contributed by atoms with Crippen molar-refractivity contribution in [3.63, 3.8) is 0 Å². The molecule has 1 heterocycles. The highest BCUT2D eigenvalue weighted by Crippen LogP contribution is 2.30. The number of alkyl carbamates (subject to hydrolysis) is 1. The highest BCUT2D eigenvalue weighted by atomic mass is 16.6. The summed E-state index contributed by atoms with van der Waals surface area (Å²) >= 11 is 0. The van der Waals surface area contributed by atoms with Crippen molar-refractivity contribution in [2.45, 2.75) is 52.8 Å². The predicted octanol–water partition coefficient (Wildman–Crippen LogP) is 2.49. The van der Waals surface area contributed by atoms with Crippen LogP contribution >= 0.6 is 0 Å². The van der Waals surface area contributed by atoms with E-state index in [1.54, 1.807) is 12.1 Å². The fraction of sp³-hybridized carbons (Fsp3) is 0.526. The van der Waals surface area contributed by atoms with E-state index < -0.39 is 17.6 Å². The molecule has 0 fully saturated rings. The monoisotopic (exact) mass is 391 g/mol. The first kappa shape index (κ1) is 21.3. The number of nitrogens with zero attached hydrogens (tertiary/aromatic N) is 2. The number of methoxy groups -OCH3 is 1. The zero-order valence-electron chi connectivity index (χ0n) is 17.3. The summed E-state index contributed by atoms with van der Waals surface area (Å²) in [5, 5.41) is 6.01. The standard InChI is InChI=1S/C19H29N5O4/c1-11(2)22-17-23-13-9-12(16(20)25)10-14(27-6)15(13)24(17)8-7-21-18(26)28-19(3,4)5/h9-11H,7-8H2,1-6H3,(H2,20,25)(H,21,26)(H,22,23). The van der Waals surface area contributed by atoms with Gasteiger partial charge in [0.15, 0.2) is 0 Å². The average Bonchev–Trinajstić information content (AvgIpc) is 2.89. The van der Waals surface area contributed by atoms with Gasteiger partial charge in [0, 0.05) is 24.7 Å². The summed E-state index contributed by atoms with van der Waals surface area (Å²) in [7, 11) is 1.52. The fourth-order valence-corrected chi connectivity index (χ4v) is 2.70. The number of carbonyl (C=O) groups is 2. The highest BCUT2D eigenvalue weighted by molar-refractivity contribution is 5.98. The topological polar surface area (TPSA) is 121 Å². The molecule has 0 unspecified atom stereocenters. The van der Waals surface area contributed by atoms with Gasteiger partial charge in [0.1, 0.15) is 16.9 Å². The van der Waals surface area contributed by atoms with E-state index in [0.29, 0.717) is 41.4 Å². The number of imidazole rings is 1. The van der Waals surface area contributed by atoms with Crippen molar-refractivity contribution in [2.24, 2.45) is 5.73 Å². The molecule has 2 rings (SSSR count). The quantitative estimate of drug-likeness (QED) is 0.667.